The number of anilines is 2. The molecule has 1 aromatic carbocycles. The summed E-state index contributed by atoms with van der Waals surface area (Å²) in [6, 6.07) is 6.95. The molecule has 1 aromatic rings. The van der Waals surface area contributed by atoms with E-state index in [1.165, 1.54) is 6.26 Å². The Bertz CT molecular complexity index is 546. The molecule has 0 aliphatic rings. The van der Waals surface area contributed by atoms with Crippen LogP contribution in [0, 0.1) is 11.3 Å². The van der Waals surface area contributed by atoms with Gasteiger partial charge in [0.15, 0.2) is 0 Å². The lowest BCUT2D eigenvalue weighted by Crippen LogP contribution is -2.25. The van der Waals surface area contributed by atoms with Crippen LogP contribution < -0.4 is 10.6 Å². The van der Waals surface area contributed by atoms with Crippen molar-refractivity contribution in [1.82, 2.24) is 0 Å². The second kappa shape index (κ2) is 5.06. The van der Waals surface area contributed by atoms with E-state index in [9.17, 15) is 8.42 Å². The van der Waals surface area contributed by atoms with Crippen LogP contribution in [0.4, 0.5) is 11.4 Å². The predicted molar refractivity (Wildman–Crippen MR) is 68.6 cm³/mol. The maximum Gasteiger partial charge on any atom is 0.149 e. The molecule has 0 unspecified atom stereocenters. The van der Waals surface area contributed by atoms with Crippen molar-refractivity contribution in [3.05, 3.63) is 23.8 Å². The van der Waals surface area contributed by atoms with Gasteiger partial charge in [-0.15, -0.1) is 0 Å². The fraction of sp³-hybridized carbons (Fsp3) is 0.364. The quantitative estimate of drug-likeness (QED) is 0.795. The minimum absolute atomic E-state index is 0.0724. The van der Waals surface area contributed by atoms with Crippen molar-refractivity contribution in [3.63, 3.8) is 0 Å². The monoisotopic (exact) mass is 253 g/mol. The van der Waals surface area contributed by atoms with Crippen LogP contribution in [-0.4, -0.2) is 34.0 Å². The molecular weight excluding hydrogens is 238 g/mol. The Hall–Kier alpha value is -1.74. The first-order valence-electron chi connectivity index (χ1n) is 5.02. The van der Waals surface area contributed by atoms with Gasteiger partial charge in [-0.2, -0.15) is 5.26 Å². The molecule has 0 saturated carbocycles. The predicted octanol–water partition coefficient (Wildman–Crippen LogP) is 0.621. The van der Waals surface area contributed by atoms with Crippen molar-refractivity contribution < 1.29 is 8.42 Å². The molecule has 6 heteroatoms. The molecule has 0 spiro atoms. The maximum atomic E-state index is 11.1. The molecular formula is C11H15N3O2S. The first-order valence-corrected chi connectivity index (χ1v) is 7.08. The molecule has 0 aliphatic heterocycles. The van der Waals surface area contributed by atoms with Gasteiger partial charge in [-0.25, -0.2) is 8.42 Å². The number of nitriles is 1. The van der Waals surface area contributed by atoms with Crippen molar-refractivity contribution >= 4 is 21.2 Å². The number of nitrogen functional groups attached to an aromatic ring is 1. The summed E-state index contributed by atoms with van der Waals surface area (Å²) < 4.78 is 22.1. The standard InChI is InChI=1S/C11H15N3O2S/c1-14(5-6-17(2,15)16)11-4-3-9(8-12)7-10(11)13/h3-4,7H,5-6,13H2,1-2H3. The third-order valence-electron chi connectivity index (χ3n) is 2.37. The first kappa shape index (κ1) is 13.3. The van der Waals surface area contributed by atoms with Crippen LogP contribution in [0.25, 0.3) is 0 Å². The number of hydrogen-bond donors (Lipinski definition) is 1. The van der Waals surface area contributed by atoms with E-state index in [-0.39, 0.29) is 5.75 Å². The van der Waals surface area contributed by atoms with Gasteiger partial charge in [0.1, 0.15) is 9.84 Å². The Balaban J connectivity index is 2.83. The molecule has 0 radical (unpaired) electrons. The Kier molecular flexibility index (Phi) is 3.97. The third kappa shape index (κ3) is 3.96. The van der Waals surface area contributed by atoms with E-state index in [4.69, 9.17) is 11.0 Å². The molecule has 5 nitrogen and oxygen atoms in total. The Morgan fingerprint density at radius 3 is 2.59 bits per heavy atom. The molecule has 0 atom stereocenters. The highest BCUT2D eigenvalue weighted by molar-refractivity contribution is 7.90. The minimum Gasteiger partial charge on any atom is -0.397 e. The Morgan fingerprint density at radius 2 is 2.12 bits per heavy atom. The second-order valence-corrected chi connectivity index (χ2v) is 6.20. The average molecular weight is 253 g/mol. The summed E-state index contributed by atoms with van der Waals surface area (Å²) in [7, 11) is -1.22. The Labute approximate surface area is 101 Å². The summed E-state index contributed by atoms with van der Waals surface area (Å²) >= 11 is 0. The van der Waals surface area contributed by atoms with Gasteiger partial charge in [-0.05, 0) is 18.2 Å². The van der Waals surface area contributed by atoms with Crippen molar-refractivity contribution in [2.45, 2.75) is 0 Å². The van der Waals surface area contributed by atoms with E-state index in [1.807, 2.05) is 6.07 Å². The van der Waals surface area contributed by atoms with E-state index in [0.29, 0.717) is 17.8 Å². The smallest absolute Gasteiger partial charge is 0.149 e. The average Bonchev–Trinajstić information content (AvgIpc) is 2.24. The lowest BCUT2D eigenvalue weighted by molar-refractivity contribution is 0.601. The highest BCUT2D eigenvalue weighted by atomic mass is 32.2. The van der Waals surface area contributed by atoms with E-state index >= 15 is 0 Å². The highest BCUT2D eigenvalue weighted by Crippen LogP contribution is 2.22. The highest BCUT2D eigenvalue weighted by Gasteiger charge is 2.09. The molecule has 0 aromatic heterocycles. The van der Waals surface area contributed by atoms with Crippen LogP contribution in [0.5, 0.6) is 0 Å². The zero-order chi connectivity index (χ0) is 13.1. The van der Waals surface area contributed by atoms with Gasteiger partial charge in [-0.3, -0.25) is 0 Å². The molecule has 0 fully saturated rings. The van der Waals surface area contributed by atoms with Gasteiger partial charge in [0.25, 0.3) is 0 Å². The number of rotatable bonds is 4. The van der Waals surface area contributed by atoms with E-state index in [1.54, 1.807) is 30.1 Å². The number of nitrogens with two attached hydrogens (primary N) is 1. The number of benzene rings is 1. The summed E-state index contributed by atoms with van der Waals surface area (Å²) in [5, 5.41) is 8.70. The lowest BCUT2D eigenvalue weighted by Gasteiger charge is -2.20. The van der Waals surface area contributed by atoms with Crippen LogP contribution in [0.2, 0.25) is 0 Å². The van der Waals surface area contributed by atoms with Gasteiger partial charge in [0, 0.05) is 19.8 Å². The SMILES string of the molecule is CN(CCS(C)(=O)=O)c1ccc(C#N)cc1N. The molecule has 2 N–H and O–H groups in total. The van der Waals surface area contributed by atoms with Gasteiger partial charge in [0.2, 0.25) is 0 Å². The van der Waals surface area contributed by atoms with Crippen molar-refractivity contribution in [2.75, 3.05) is 36.2 Å². The minimum atomic E-state index is -2.99. The Morgan fingerprint density at radius 1 is 1.47 bits per heavy atom. The normalized spacial score (nSPS) is 10.9. The molecule has 0 saturated heterocycles. The van der Waals surface area contributed by atoms with Crippen LogP contribution >= 0.6 is 0 Å². The summed E-state index contributed by atoms with van der Waals surface area (Å²) in [5.41, 5.74) is 7.49. The molecule has 0 aliphatic carbocycles. The topological polar surface area (TPSA) is 87.2 Å². The van der Waals surface area contributed by atoms with Gasteiger partial charge in [0.05, 0.1) is 28.8 Å². The largest absolute Gasteiger partial charge is 0.397 e. The maximum absolute atomic E-state index is 11.1. The van der Waals surface area contributed by atoms with Gasteiger partial charge < -0.3 is 10.6 Å². The van der Waals surface area contributed by atoms with E-state index in [2.05, 4.69) is 0 Å². The van der Waals surface area contributed by atoms with Crippen LogP contribution in [-0.2, 0) is 9.84 Å². The fourth-order valence-electron chi connectivity index (χ4n) is 1.39. The third-order valence-corrected chi connectivity index (χ3v) is 3.29. The molecule has 92 valence electrons. The summed E-state index contributed by atoms with van der Waals surface area (Å²) in [6.45, 7) is 0.370. The molecule has 0 heterocycles. The van der Waals surface area contributed by atoms with Crippen molar-refractivity contribution in [1.29, 1.82) is 5.26 Å². The van der Waals surface area contributed by atoms with Gasteiger partial charge >= 0.3 is 0 Å². The van der Waals surface area contributed by atoms with E-state index < -0.39 is 9.84 Å². The summed E-state index contributed by atoms with van der Waals surface area (Å²) in [4.78, 5) is 1.76. The molecule has 0 amide bonds. The van der Waals surface area contributed by atoms with Crippen LogP contribution in [0.1, 0.15) is 5.56 Å². The number of hydrogen-bond acceptors (Lipinski definition) is 5. The molecule has 1 rings (SSSR count). The van der Waals surface area contributed by atoms with E-state index in [0.717, 1.165) is 5.69 Å². The first-order chi connectivity index (χ1) is 7.83. The number of nitrogens with zero attached hydrogens (tertiary/aromatic N) is 2. The molecule has 0 bridgehead atoms. The van der Waals surface area contributed by atoms with Gasteiger partial charge in [-0.1, -0.05) is 0 Å². The second-order valence-electron chi connectivity index (χ2n) is 3.94. The van der Waals surface area contributed by atoms with Crippen molar-refractivity contribution in [2.24, 2.45) is 0 Å². The van der Waals surface area contributed by atoms with Crippen LogP contribution in [0.3, 0.4) is 0 Å². The summed E-state index contributed by atoms with van der Waals surface area (Å²) in [6.07, 6.45) is 1.20. The summed E-state index contributed by atoms with van der Waals surface area (Å²) in [5.74, 6) is 0.0724. The zero-order valence-corrected chi connectivity index (χ0v) is 10.7. The zero-order valence-electron chi connectivity index (χ0n) is 9.84. The fourth-order valence-corrected chi connectivity index (χ4v) is 2.00. The molecule has 17 heavy (non-hydrogen) atoms. The lowest BCUT2D eigenvalue weighted by atomic mass is 10.2. The van der Waals surface area contributed by atoms with Crippen LogP contribution in [0.15, 0.2) is 18.2 Å². The number of sulfone groups is 1. The van der Waals surface area contributed by atoms with Crippen molar-refractivity contribution in [3.8, 4) is 6.07 Å².